The Labute approximate surface area is 144 Å². The third-order valence-corrected chi connectivity index (χ3v) is 4.85. The van der Waals surface area contributed by atoms with Gasteiger partial charge in [0, 0.05) is 32.0 Å². The number of carbonyl (C=O) groups is 1. The lowest BCUT2D eigenvalue weighted by atomic mass is 10.0. The molecule has 2 saturated heterocycles. The van der Waals surface area contributed by atoms with E-state index < -0.39 is 0 Å². The minimum atomic E-state index is -0.197. The van der Waals surface area contributed by atoms with Gasteiger partial charge in [0.15, 0.2) is 0 Å². The van der Waals surface area contributed by atoms with Gasteiger partial charge in [-0.05, 0) is 62.8 Å². The molecule has 0 radical (unpaired) electrons. The van der Waals surface area contributed by atoms with Crippen LogP contribution in [-0.2, 0) is 9.53 Å². The third-order valence-electron chi connectivity index (χ3n) is 4.85. The van der Waals surface area contributed by atoms with Gasteiger partial charge in [-0.1, -0.05) is 0 Å². The minimum absolute atomic E-state index is 0.187. The molecule has 24 heavy (non-hydrogen) atoms. The van der Waals surface area contributed by atoms with Crippen molar-refractivity contribution in [2.75, 3.05) is 38.2 Å². The van der Waals surface area contributed by atoms with Crippen molar-refractivity contribution in [1.82, 2.24) is 4.90 Å². The molecule has 1 aromatic carbocycles. The molecule has 0 spiro atoms. The number of hydrogen-bond acceptors (Lipinski definition) is 4. The molecule has 0 saturated carbocycles. The maximum Gasteiger partial charge on any atom is 0.244 e. The van der Waals surface area contributed by atoms with Crippen LogP contribution in [0.15, 0.2) is 24.3 Å². The second-order valence-electron chi connectivity index (χ2n) is 6.79. The molecule has 1 amide bonds. The lowest BCUT2D eigenvalue weighted by Gasteiger charge is -2.23. The first-order chi connectivity index (χ1) is 11.7. The summed E-state index contributed by atoms with van der Waals surface area (Å²) < 4.78 is 11.2. The van der Waals surface area contributed by atoms with E-state index in [2.05, 4.69) is 5.32 Å². The van der Waals surface area contributed by atoms with Gasteiger partial charge in [0.1, 0.15) is 11.8 Å². The van der Waals surface area contributed by atoms with Crippen LogP contribution in [0.5, 0.6) is 5.75 Å². The zero-order valence-corrected chi connectivity index (χ0v) is 14.5. The van der Waals surface area contributed by atoms with Gasteiger partial charge in [0.2, 0.25) is 5.91 Å². The van der Waals surface area contributed by atoms with Crippen molar-refractivity contribution in [3.63, 3.8) is 0 Å². The third kappa shape index (κ3) is 4.63. The normalized spacial score (nSPS) is 20.0. The standard InChI is InChI=1S/C19H28N2O3/c1-15(19(22)21-10-2-3-11-21)20-17-4-6-18(7-5-17)24-14-16-8-12-23-13-9-16/h4-7,15-16,20H,2-3,8-14H2,1H3/t15-/m1/s1. The fourth-order valence-corrected chi connectivity index (χ4v) is 3.30. The molecule has 1 atom stereocenters. The number of ether oxygens (including phenoxy) is 2. The average Bonchev–Trinajstić information content (AvgIpc) is 3.16. The number of likely N-dealkylation sites (tertiary alicyclic amines) is 1. The molecule has 132 valence electrons. The Bertz CT molecular complexity index is 520. The molecule has 1 aromatic rings. The minimum Gasteiger partial charge on any atom is -0.493 e. The Morgan fingerprint density at radius 2 is 1.92 bits per heavy atom. The number of benzene rings is 1. The molecule has 2 heterocycles. The quantitative estimate of drug-likeness (QED) is 0.870. The highest BCUT2D eigenvalue weighted by Crippen LogP contribution is 2.20. The summed E-state index contributed by atoms with van der Waals surface area (Å²) in [5, 5.41) is 3.29. The van der Waals surface area contributed by atoms with E-state index in [4.69, 9.17) is 9.47 Å². The number of amides is 1. The van der Waals surface area contributed by atoms with Crippen LogP contribution in [0, 0.1) is 5.92 Å². The largest absolute Gasteiger partial charge is 0.493 e. The Balaban J connectivity index is 1.45. The van der Waals surface area contributed by atoms with E-state index in [-0.39, 0.29) is 11.9 Å². The lowest BCUT2D eigenvalue weighted by molar-refractivity contribution is -0.130. The number of nitrogens with one attached hydrogen (secondary N) is 1. The summed E-state index contributed by atoms with van der Waals surface area (Å²) in [7, 11) is 0. The first-order valence-electron chi connectivity index (χ1n) is 9.08. The molecule has 0 bridgehead atoms. The number of hydrogen-bond donors (Lipinski definition) is 1. The van der Waals surface area contributed by atoms with Crippen molar-refractivity contribution in [3.8, 4) is 5.75 Å². The molecule has 2 fully saturated rings. The Hall–Kier alpha value is -1.75. The zero-order valence-electron chi connectivity index (χ0n) is 14.5. The molecular weight excluding hydrogens is 304 g/mol. The summed E-state index contributed by atoms with van der Waals surface area (Å²) in [6.07, 6.45) is 4.40. The lowest BCUT2D eigenvalue weighted by Crippen LogP contribution is -2.39. The van der Waals surface area contributed by atoms with E-state index in [1.807, 2.05) is 36.1 Å². The first-order valence-corrected chi connectivity index (χ1v) is 9.08. The Morgan fingerprint density at radius 1 is 1.25 bits per heavy atom. The molecule has 1 N–H and O–H groups in total. The molecular formula is C19H28N2O3. The van der Waals surface area contributed by atoms with Gasteiger partial charge < -0.3 is 19.7 Å². The van der Waals surface area contributed by atoms with Gasteiger partial charge in [-0.2, -0.15) is 0 Å². The highest BCUT2D eigenvalue weighted by molar-refractivity contribution is 5.84. The van der Waals surface area contributed by atoms with Crippen LogP contribution in [0.25, 0.3) is 0 Å². The van der Waals surface area contributed by atoms with E-state index >= 15 is 0 Å². The molecule has 3 rings (SSSR count). The van der Waals surface area contributed by atoms with Crippen LogP contribution >= 0.6 is 0 Å². The second kappa shape index (κ2) is 8.38. The average molecular weight is 332 g/mol. The van der Waals surface area contributed by atoms with E-state index in [1.54, 1.807) is 0 Å². The van der Waals surface area contributed by atoms with Crippen LogP contribution in [0.4, 0.5) is 5.69 Å². The van der Waals surface area contributed by atoms with Crippen LogP contribution < -0.4 is 10.1 Å². The van der Waals surface area contributed by atoms with Crippen molar-refractivity contribution in [2.24, 2.45) is 5.92 Å². The number of carbonyl (C=O) groups excluding carboxylic acids is 1. The summed E-state index contributed by atoms with van der Waals surface area (Å²) in [6, 6.07) is 7.70. The van der Waals surface area contributed by atoms with Crippen molar-refractivity contribution >= 4 is 11.6 Å². The van der Waals surface area contributed by atoms with Crippen LogP contribution in [0.2, 0.25) is 0 Å². The van der Waals surface area contributed by atoms with Gasteiger partial charge >= 0.3 is 0 Å². The molecule has 5 heteroatoms. The smallest absolute Gasteiger partial charge is 0.244 e. The highest BCUT2D eigenvalue weighted by Gasteiger charge is 2.23. The van der Waals surface area contributed by atoms with Crippen molar-refractivity contribution in [3.05, 3.63) is 24.3 Å². The predicted octanol–water partition coefficient (Wildman–Crippen LogP) is 2.91. The van der Waals surface area contributed by atoms with Gasteiger partial charge in [0.25, 0.3) is 0 Å². The Morgan fingerprint density at radius 3 is 2.58 bits per heavy atom. The van der Waals surface area contributed by atoms with Crippen LogP contribution in [-0.4, -0.2) is 49.8 Å². The summed E-state index contributed by atoms with van der Waals surface area (Å²) in [4.78, 5) is 14.3. The van der Waals surface area contributed by atoms with E-state index in [9.17, 15) is 4.79 Å². The highest BCUT2D eigenvalue weighted by atomic mass is 16.5. The summed E-state index contributed by atoms with van der Waals surface area (Å²) in [6.45, 7) is 6.16. The number of nitrogens with zero attached hydrogens (tertiary/aromatic N) is 1. The maximum atomic E-state index is 12.3. The fourth-order valence-electron chi connectivity index (χ4n) is 3.30. The summed E-state index contributed by atoms with van der Waals surface area (Å²) in [5.41, 5.74) is 0.952. The molecule has 0 aromatic heterocycles. The molecule has 2 aliphatic heterocycles. The van der Waals surface area contributed by atoms with Gasteiger partial charge in [0.05, 0.1) is 6.61 Å². The van der Waals surface area contributed by atoms with E-state index in [0.717, 1.165) is 70.0 Å². The van der Waals surface area contributed by atoms with E-state index in [1.165, 1.54) is 0 Å². The second-order valence-corrected chi connectivity index (χ2v) is 6.79. The SMILES string of the molecule is C[C@@H](Nc1ccc(OCC2CCOCC2)cc1)C(=O)N1CCCC1. The zero-order chi connectivity index (χ0) is 16.8. The van der Waals surface area contributed by atoms with Crippen molar-refractivity contribution < 1.29 is 14.3 Å². The number of anilines is 1. The maximum absolute atomic E-state index is 12.3. The molecule has 2 aliphatic rings. The van der Waals surface area contributed by atoms with Crippen LogP contribution in [0.3, 0.4) is 0 Å². The van der Waals surface area contributed by atoms with Gasteiger partial charge in [-0.25, -0.2) is 0 Å². The van der Waals surface area contributed by atoms with Gasteiger partial charge in [-0.15, -0.1) is 0 Å². The predicted molar refractivity (Wildman–Crippen MR) is 94.4 cm³/mol. The van der Waals surface area contributed by atoms with Gasteiger partial charge in [-0.3, -0.25) is 4.79 Å². The topological polar surface area (TPSA) is 50.8 Å². The summed E-state index contributed by atoms with van der Waals surface area (Å²) >= 11 is 0. The van der Waals surface area contributed by atoms with Crippen LogP contribution in [0.1, 0.15) is 32.6 Å². The van der Waals surface area contributed by atoms with E-state index in [0.29, 0.717) is 5.92 Å². The Kier molecular flexibility index (Phi) is 5.96. The number of rotatable bonds is 6. The summed E-state index contributed by atoms with van der Waals surface area (Å²) in [5.74, 6) is 1.66. The molecule has 5 nitrogen and oxygen atoms in total. The monoisotopic (exact) mass is 332 g/mol. The fraction of sp³-hybridized carbons (Fsp3) is 0.632. The van der Waals surface area contributed by atoms with Crippen molar-refractivity contribution in [2.45, 2.75) is 38.6 Å². The first kappa shape index (κ1) is 17.1. The molecule has 0 unspecified atom stereocenters. The van der Waals surface area contributed by atoms with Crippen molar-refractivity contribution in [1.29, 1.82) is 0 Å². The molecule has 0 aliphatic carbocycles.